The summed E-state index contributed by atoms with van der Waals surface area (Å²) in [5, 5.41) is 0. The summed E-state index contributed by atoms with van der Waals surface area (Å²) in [7, 11) is 0. The molecule has 6 heteroatoms. The molecule has 59 heavy (non-hydrogen) atoms. The average molecular weight is 821 g/mol. The van der Waals surface area contributed by atoms with Crippen molar-refractivity contribution >= 4 is 17.9 Å². The summed E-state index contributed by atoms with van der Waals surface area (Å²) in [5.74, 6) is -1.01. The first-order chi connectivity index (χ1) is 29.0. The highest BCUT2D eigenvalue weighted by molar-refractivity contribution is 5.71. The van der Waals surface area contributed by atoms with Crippen LogP contribution in [0.25, 0.3) is 0 Å². The molecule has 0 amide bonds. The topological polar surface area (TPSA) is 78.9 Å². The Morgan fingerprint density at radius 1 is 0.356 bits per heavy atom. The normalized spacial score (nSPS) is 12.8. The third-order valence-corrected chi connectivity index (χ3v) is 9.90. The summed E-state index contributed by atoms with van der Waals surface area (Å²) in [6.07, 6.45) is 60.1. The Bertz CT molecular complexity index is 1170. The Labute approximate surface area is 363 Å². The molecule has 0 spiro atoms. The van der Waals surface area contributed by atoms with E-state index in [4.69, 9.17) is 14.2 Å². The van der Waals surface area contributed by atoms with Crippen molar-refractivity contribution in [3.63, 3.8) is 0 Å². The molecule has 1 atom stereocenters. The molecule has 0 N–H and O–H groups in total. The Hall–Kier alpha value is -3.41. The second-order valence-electron chi connectivity index (χ2n) is 15.6. The lowest BCUT2D eigenvalue weighted by molar-refractivity contribution is -0.166. The lowest BCUT2D eigenvalue weighted by Crippen LogP contribution is -2.30. The number of carbonyl (C=O) groups excluding carboxylic acids is 3. The molecule has 0 fully saturated rings. The summed E-state index contributed by atoms with van der Waals surface area (Å²) >= 11 is 0. The molecule has 0 aromatic heterocycles. The zero-order valence-electron chi connectivity index (χ0n) is 38.2. The van der Waals surface area contributed by atoms with Gasteiger partial charge in [0, 0.05) is 19.3 Å². The number of hydrogen-bond donors (Lipinski definition) is 0. The largest absolute Gasteiger partial charge is 0.462 e. The van der Waals surface area contributed by atoms with E-state index in [1.54, 1.807) is 0 Å². The van der Waals surface area contributed by atoms with E-state index in [-0.39, 0.29) is 37.5 Å². The highest BCUT2D eigenvalue weighted by atomic mass is 16.6. The summed E-state index contributed by atoms with van der Waals surface area (Å²) in [5.41, 5.74) is 0. The van der Waals surface area contributed by atoms with E-state index in [1.807, 2.05) is 12.2 Å². The van der Waals surface area contributed by atoms with Crippen LogP contribution in [-0.4, -0.2) is 37.2 Å². The first-order valence-corrected chi connectivity index (χ1v) is 24.1. The van der Waals surface area contributed by atoms with Gasteiger partial charge in [-0.1, -0.05) is 196 Å². The first-order valence-electron chi connectivity index (χ1n) is 24.1. The van der Waals surface area contributed by atoms with Crippen LogP contribution in [0.5, 0.6) is 0 Å². The molecule has 0 rings (SSSR count). The van der Waals surface area contributed by atoms with E-state index in [0.717, 1.165) is 89.9 Å². The van der Waals surface area contributed by atoms with E-state index in [1.165, 1.54) is 77.0 Å². The maximum atomic E-state index is 12.7. The Morgan fingerprint density at radius 3 is 1.14 bits per heavy atom. The second-order valence-corrected chi connectivity index (χ2v) is 15.6. The molecule has 0 aliphatic rings. The number of ether oxygens (including phenoxy) is 3. The van der Waals surface area contributed by atoms with Crippen LogP contribution in [0, 0.1) is 0 Å². The minimum absolute atomic E-state index is 0.103. The third-order valence-electron chi connectivity index (χ3n) is 9.90. The lowest BCUT2D eigenvalue weighted by Gasteiger charge is -2.18. The van der Waals surface area contributed by atoms with Gasteiger partial charge in [-0.25, -0.2) is 0 Å². The molecule has 0 radical (unpaired) electrons. The van der Waals surface area contributed by atoms with Crippen molar-refractivity contribution in [2.24, 2.45) is 0 Å². The summed E-state index contributed by atoms with van der Waals surface area (Å²) in [6.45, 7) is 6.39. The predicted molar refractivity (Wildman–Crippen MR) is 251 cm³/mol. The van der Waals surface area contributed by atoms with Gasteiger partial charge in [0.15, 0.2) is 6.10 Å². The van der Waals surface area contributed by atoms with Crippen LogP contribution in [0.1, 0.15) is 213 Å². The Kier molecular flexibility index (Phi) is 44.5. The van der Waals surface area contributed by atoms with Crippen LogP contribution >= 0.6 is 0 Å². The van der Waals surface area contributed by atoms with Crippen LogP contribution in [0.2, 0.25) is 0 Å². The standard InChI is InChI=1S/C53H88O6/c1-4-7-10-13-16-19-21-23-25-26-27-28-29-31-32-34-37-40-43-46-52(55)58-49-50(48-57-51(54)45-42-39-36-18-15-12-9-6-3)59-53(56)47-44-41-38-35-33-30-24-22-20-17-14-11-8-5-2/h7,10,16,19,22-25,27-28,31-32,37,40,50H,4-6,8-9,11-15,17-18,20-21,26,29-30,33-36,38-39,41-49H2,1-3H3/b10-7-,19-16-,24-22-,25-23-,28-27-,32-31-,40-37-. The van der Waals surface area contributed by atoms with Crippen molar-refractivity contribution in [3.8, 4) is 0 Å². The molecule has 0 heterocycles. The molecule has 1 unspecified atom stereocenters. The molecule has 0 aromatic carbocycles. The molecule has 0 saturated carbocycles. The van der Waals surface area contributed by atoms with Crippen LogP contribution in [0.15, 0.2) is 85.1 Å². The maximum Gasteiger partial charge on any atom is 0.306 e. The molecule has 0 aliphatic heterocycles. The zero-order chi connectivity index (χ0) is 43.0. The molecular weight excluding hydrogens is 733 g/mol. The van der Waals surface area contributed by atoms with Gasteiger partial charge in [0.1, 0.15) is 13.2 Å². The minimum atomic E-state index is -0.807. The van der Waals surface area contributed by atoms with E-state index in [2.05, 4.69) is 93.7 Å². The lowest BCUT2D eigenvalue weighted by atomic mass is 10.1. The van der Waals surface area contributed by atoms with Gasteiger partial charge in [-0.05, 0) is 83.5 Å². The third kappa shape index (κ3) is 45.5. The second kappa shape index (κ2) is 47.3. The van der Waals surface area contributed by atoms with Gasteiger partial charge in [0.25, 0.3) is 0 Å². The van der Waals surface area contributed by atoms with Gasteiger partial charge < -0.3 is 14.2 Å². The Morgan fingerprint density at radius 2 is 0.695 bits per heavy atom. The first kappa shape index (κ1) is 55.6. The number of allylic oxidation sites excluding steroid dienone is 14. The van der Waals surface area contributed by atoms with Crippen LogP contribution in [0.4, 0.5) is 0 Å². The van der Waals surface area contributed by atoms with Gasteiger partial charge in [-0.3, -0.25) is 14.4 Å². The van der Waals surface area contributed by atoms with Crippen LogP contribution in [0.3, 0.4) is 0 Å². The Balaban J connectivity index is 4.46. The van der Waals surface area contributed by atoms with Crippen molar-refractivity contribution in [1.29, 1.82) is 0 Å². The monoisotopic (exact) mass is 821 g/mol. The molecule has 6 nitrogen and oxygen atoms in total. The highest BCUT2D eigenvalue weighted by Crippen LogP contribution is 2.13. The molecule has 336 valence electrons. The summed E-state index contributed by atoms with van der Waals surface area (Å²) < 4.78 is 16.6. The maximum absolute atomic E-state index is 12.7. The summed E-state index contributed by atoms with van der Waals surface area (Å²) in [4.78, 5) is 37.7. The van der Waals surface area contributed by atoms with Gasteiger partial charge in [0.2, 0.25) is 0 Å². The fourth-order valence-corrected chi connectivity index (χ4v) is 6.28. The molecule has 0 aliphatic carbocycles. The van der Waals surface area contributed by atoms with Crippen LogP contribution in [-0.2, 0) is 28.6 Å². The molecular formula is C53H88O6. The van der Waals surface area contributed by atoms with Gasteiger partial charge in [-0.2, -0.15) is 0 Å². The van der Waals surface area contributed by atoms with Crippen LogP contribution < -0.4 is 0 Å². The zero-order valence-corrected chi connectivity index (χ0v) is 38.2. The SMILES string of the molecule is CC/C=C\C/C=C\C/C=C\C/C=C\C/C=C\C/C=C\CCC(=O)OCC(COC(=O)CCCCCCCCCC)OC(=O)CCCCCCC/C=C\CCCCCCC. The average Bonchev–Trinajstić information content (AvgIpc) is 3.23. The number of carbonyl (C=O) groups is 3. The number of rotatable bonds is 42. The molecule has 0 bridgehead atoms. The van der Waals surface area contributed by atoms with Crippen molar-refractivity contribution in [2.75, 3.05) is 13.2 Å². The van der Waals surface area contributed by atoms with Crippen molar-refractivity contribution < 1.29 is 28.6 Å². The van der Waals surface area contributed by atoms with Gasteiger partial charge >= 0.3 is 17.9 Å². The number of hydrogen-bond acceptors (Lipinski definition) is 6. The predicted octanol–water partition coefficient (Wildman–Crippen LogP) is 15.6. The minimum Gasteiger partial charge on any atom is -0.462 e. The smallest absolute Gasteiger partial charge is 0.306 e. The van der Waals surface area contributed by atoms with E-state index >= 15 is 0 Å². The fourth-order valence-electron chi connectivity index (χ4n) is 6.28. The number of unbranched alkanes of at least 4 members (excludes halogenated alkanes) is 17. The van der Waals surface area contributed by atoms with E-state index in [0.29, 0.717) is 19.3 Å². The summed E-state index contributed by atoms with van der Waals surface area (Å²) in [6, 6.07) is 0. The van der Waals surface area contributed by atoms with Gasteiger partial charge in [-0.15, -0.1) is 0 Å². The quantitative estimate of drug-likeness (QED) is 0.0264. The molecule has 0 saturated heterocycles. The van der Waals surface area contributed by atoms with Crippen molar-refractivity contribution in [1.82, 2.24) is 0 Å². The molecule has 0 aromatic rings. The fraction of sp³-hybridized carbons (Fsp3) is 0.679. The highest BCUT2D eigenvalue weighted by Gasteiger charge is 2.19. The van der Waals surface area contributed by atoms with Crippen molar-refractivity contribution in [3.05, 3.63) is 85.1 Å². The van der Waals surface area contributed by atoms with Crippen molar-refractivity contribution in [2.45, 2.75) is 219 Å². The number of esters is 3. The van der Waals surface area contributed by atoms with E-state index < -0.39 is 6.10 Å². The van der Waals surface area contributed by atoms with Gasteiger partial charge in [0.05, 0.1) is 0 Å². The van der Waals surface area contributed by atoms with E-state index in [9.17, 15) is 14.4 Å².